The number of nitrogens with one attached hydrogen (secondary N) is 1. The van der Waals surface area contributed by atoms with Crippen molar-refractivity contribution < 1.29 is 23.9 Å². The van der Waals surface area contributed by atoms with Crippen LogP contribution in [0.5, 0.6) is 11.5 Å². The van der Waals surface area contributed by atoms with E-state index in [1.807, 2.05) is 18.2 Å². The highest BCUT2D eigenvalue weighted by atomic mass is 79.9. The van der Waals surface area contributed by atoms with E-state index in [0.29, 0.717) is 22.7 Å². The molecule has 0 unspecified atom stereocenters. The number of halogens is 1. The molecule has 5 rings (SSSR count). The Bertz CT molecular complexity index is 1330. The standard InChI is InChI=1S/C26H22BrN3O5/c1-34-18-10-6-7-15(14-18)22-21-23(30(28-22)24(31)16-8-5-9-17(27)13-16)26(33)29(25(21)32)19-11-3-4-12-20(19)35-2/h3-14,21-23,28H,1-2H3/t21-,22-,23-/m0/s1. The maximum Gasteiger partial charge on any atom is 0.268 e. The second-order valence-corrected chi connectivity index (χ2v) is 9.14. The SMILES string of the molecule is COc1cccc([C@@H]2NN(C(=O)c3cccc(Br)c3)[C@@H]3C(=O)N(c4ccccc4OC)C(=O)[C@H]32)c1. The molecule has 3 amide bonds. The molecule has 35 heavy (non-hydrogen) atoms. The number of rotatable bonds is 5. The zero-order valence-electron chi connectivity index (χ0n) is 19.0. The average Bonchev–Trinajstić information content (AvgIpc) is 3.40. The molecule has 0 bridgehead atoms. The number of imide groups is 1. The normalized spacial score (nSPS) is 21.3. The Hall–Kier alpha value is -3.69. The third kappa shape index (κ3) is 3.86. The van der Waals surface area contributed by atoms with Crippen LogP contribution < -0.4 is 19.8 Å². The number of amides is 3. The summed E-state index contributed by atoms with van der Waals surface area (Å²) in [6.07, 6.45) is 0. The lowest BCUT2D eigenvalue weighted by Crippen LogP contribution is -2.48. The Morgan fingerprint density at radius 1 is 0.914 bits per heavy atom. The van der Waals surface area contributed by atoms with Gasteiger partial charge in [0.2, 0.25) is 5.91 Å². The maximum absolute atomic E-state index is 13.8. The molecule has 0 radical (unpaired) electrons. The van der Waals surface area contributed by atoms with E-state index in [4.69, 9.17) is 9.47 Å². The Balaban J connectivity index is 1.61. The summed E-state index contributed by atoms with van der Waals surface area (Å²) in [5.41, 5.74) is 4.61. The van der Waals surface area contributed by atoms with Gasteiger partial charge in [0.25, 0.3) is 11.8 Å². The van der Waals surface area contributed by atoms with E-state index < -0.39 is 35.7 Å². The van der Waals surface area contributed by atoms with Gasteiger partial charge in [0, 0.05) is 10.0 Å². The molecule has 178 valence electrons. The van der Waals surface area contributed by atoms with Gasteiger partial charge >= 0.3 is 0 Å². The Labute approximate surface area is 210 Å². The van der Waals surface area contributed by atoms with Gasteiger partial charge in [-0.2, -0.15) is 0 Å². The minimum Gasteiger partial charge on any atom is -0.497 e. The lowest BCUT2D eigenvalue weighted by molar-refractivity contribution is -0.123. The number of nitrogens with zero attached hydrogens (tertiary/aromatic N) is 2. The first-order chi connectivity index (χ1) is 16.9. The van der Waals surface area contributed by atoms with Gasteiger partial charge in [-0.15, -0.1) is 0 Å². The molecule has 3 atom stereocenters. The summed E-state index contributed by atoms with van der Waals surface area (Å²) in [7, 11) is 3.04. The molecule has 0 spiro atoms. The van der Waals surface area contributed by atoms with Crippen LogP contribution in [0.4, 0.5) is 5.69 Å². The molecule has 2 heterocycles. The zero-order valence-corrected chi connectivity index (χ0v) is 20.6. The summed E-state index contributed by atoms with van der Waals surface area (Å²) in [6, 6.07) is 19.3. The molecular formula is C26H22BrN3O5. The summed E-state index contributed by atoms with van der Waals surface area (Å²) in [4.78, 5) is 42.3. The van der Waals surface area contributed by atoms with Crippen molar-refractivity contribution in [3.63, 3.8) is 0 Å². The van der Waals surface area contributed by atoms with Crippen molar-refractivity contribution in [1.29, 1.82) is 0 Å². The molecule has 8 nitrogen and oxygen atoms in total. The molecular weight excluding hydrogens is 514 g/mol. The molecule has 0 saturated carbocycles. The number of hydrogen-bond acceptors (Lipinski definition) is 6. The summed E-state index contributed by atoms with van der Waals surface area (Å²) in [6.45, 7) is 0. The van der Waals surface area contributed by atoms with E-state index >= 15 is 0 Å². The van der Waals surface area contributed by atoms with Gasteiger partial charge in [0.15, 0.2) is 0 Å². The van der Waals surface area contributed by atoms with Gasteiger partial charge < -0.3 is 9.47 Å². The third-order valence-electron chi connectivity index (χ3n) is 6.30. The summed E-state index contributed by atoms with van der Waals surface area (Å²) >= 11 is 3.39. The van der Waals surface area contributed by atoms with Crippen molar-refractivity contribution in [3.05, 3.63) is 88.4 Å². The lowest BCUT2D eigenvalue weighted by atomic mass is 9.90. The molecule has 1 N–H and O–H groups in total. The quantitative estimate of drug-likeness (QED) is 0.501. The van der Waals surface area contributed by atoms with Gasteiger partial charge in [-0.3, -0.25) is 19.4 Å². The number of benzene rings is 3. The Morgan fingerprint density at radius 3 is 2.43 bits per heavy atom. The third-order valence-corrected chi connectivity index (χ3v) is 6.80. The highest BCUT2D eigenvalue weighted by Gasteiger charge is 2.60. The Kier molecular flexibility index (Phi) is 6.04. The first kappa shape index (κ1) is 23.1. The summed E-state index contributed by atoms with van der Waals surface area (Å²) in [5.74, 6) is -1.15. The predicted octanol–water partition coefficient (Wildman–Crippen LogP) is 3.73. The molecule has 0 aromatic heterocycles. The van der Waals surface area contributed by atoms with Crippen LogP contribution in [0.1, 0.15) is 22.0 Å². The lowest BCUT2D eigenvalue weighted by Gasteiger charge is -2.26. The number of carbonyl (C=O) groups is 3. The number of anilines is 1. The van der Waals surface area contributed by atoms with E-state index in [2.05, 4.69) is 21.4 Å². The highest BCUT2D eigenvalue weighted by molar-refractivity contribution is 9.10. The number of hydrogen-bond donors (Lipinski definition) is 1. The molecule has 2 aliphatic heterocycles. The molecule has 9 heteroatoms. The van der Waals surface area contributed by atoms with Crippen LogP contribution in [0.15, 0.2) is 77.3 Å². The van der Waals surface area contributed by atoms with Crippen LogP contribution in [0.3, 0.4) is 0 Å². The Morgan fingerprint density at radius 2 is 1.69 bits per heavy atom. The number of hydrazine groups is 1. The second-order valence-electron chi connectivity index (χ2n) is 8.22. The van der Waals surface area contributed by atoms with E-state index in [1.54, 1.807) is 61.7 Å². The molecule has 2 saturated heterocycles. The first-order valence-corrected chi connectivity index (χ1v) is 11.7. The van der Waals surface area contributed by atoms with Crippen molar-refractivity contribution in [2.45, 2.75) is 12.1 Å². The summed E-state index contributed by atoms with van der Waals surface area (Å²) < 4.78 is 11.5. The highest BCUT2D eigenvalue weighted by Crippen LogP contribution is 2.44. The predicted molar refractivity (Wildman–Crippen MR) is 132 cm³/mol. The topological polar surface area (TPSA) is 88.2 Å². The fraction of sp³-hybridized carbons (Fsp3) is 0.192. The number of methoxy groups -OCH3 is 2. The smallest absolute Gasteiger partial charge is 0.268 e. The van der Waals surface area contributed by atoms with E-state index in [-0.39, 0.29) is 0 Å². The average molecular weight is 536 g/mol. The fourth-order valence-corrected chi connectivity index (χ4v) is 5.10. The monoisotopic (exact) mass is 535 g/mol. The van der Waals surface area contributed by atoms with Crippen molar-refractivity contribution >= 4 is 39.3 Å². The molecule has 2 fully saturated rings. The van der Waals surface area contributed by atoms with Crippen molar-refractivity contribution in [1.82, 2.24) is 10.4 Å². The number of fused-ring (bicyclic) bond motifs is 1. The van der Waals surface area contributed by atoms with Crippen LogP contribution in [-0.2, 0) is 9.59 Å². The number of para-hydroxylation sites is 2. The zero-order chi connectivity index (χ0) is 24.7. The maximum atomic E-state index is 13.8. The van der Waals surface area contributed by atoms with Gasteiger partial charge in [0.05, 0.1) is 31.9 Å². The van der Waals surface area contributed by atoms with Gasteiger partial charge in [0.1, 0.15) is 17.5 Å². The van der Waals surface area contributed by atoms with Crippen molar-refractivity contribution in [2.24, 2.45) is 5.92 Å². The van der Waals surface area contributed by atoms with Crippen LogP contribution in [0, 0.1) is 5.92 Å². The fourth-order valence-electron chi connectivity index (χ4n) is 4.70. The van der Waals surface area contributed by atoms with Crippen LogP contribution in [0.2, 0.25) is 0 Å². The van der Waals surface area contributed by atoms with Gasteiger partial charge in [-0.1, -0.05) is 46.3 Å². The first-order valence-electron chi connectivity index (χ1n) is 10.9. The van der Waals surface area contributed by atoms with Crippen molar-refractivity contribution in [3.8, 4) is 11.5 Å². The van der Waals surface area contributed by atoms with E-state index in [0.717, 1.165) is 14.9 Å². The number of ether oxygens (including phenoxy) is 2. The van der Waals surface area contributed by atoms with Crippen LogP contribution >= 0.6 is 15.9 Å². The van der Waals surface area contributed by atoms with E-state index in [1.165, 1.54) is 12.1 Å². The molecule has 2 aliphatic rings. The number of carbonyl (C=O) groups excluding carboxylic acids is 3. The van der Waals surface area contributed by atoms with Gasteiger partial charge in [-0.05, 0) is 48.0 Å². The van der Waals surface area contributed by atoms with Gasteiger partial charge in [-0.25, -0.2) is 10.3 Å². The minimum atomic E-state index is -1.03. The van der Waals surface area contributed by atoms with Crippen LogP contribution in [-0.4, -0.2) is 43.0 Å². The second kappa shape index (κ2) is 9.16. The van der Waals surface area contributed by atoms with E-state index in [9.17, 15) is 14.4 Å². The van der Waals surface area contributed by atoms with Crippen molar-refractivity contribution in [2.75, 3.05) is 19.1 Å². The molecule has 0 aliphatic carbocycles. The molecule has 3 aromatic carbocycles. The molecule has 3 aromatic rings. The largest absolute Gasteiger partial charge is 0.497 e. The minimum absolute atomic E-state index is 0.346. The van der Waals surface area contributed by atoms with Crippen LogP contribution in [0.25, 0.3) is 0 Å². The summed E-state index contributed by atoms with van der Waals surface area (Å²) in [5, 5.41) is 1.28.